The van der Waals surface area contributed by atoms with Gasteiger partial charge in [-0.15, -0.1) is 28.1 Å². The molecule has 0 aliphatic carbocycles. The molecule has 2 heterocycles. The summed E-state index contributed by atoms with van der Waals surface area (Å²) in [6, 6.07) is 7.07. The molecule has 32 heavy (non-hydrogen) atoms. The van der Waals surface area contributed by atoms with Crippen molar-refractivity contribution < 1.29 is 9.59 Å². The number of carbonyl (C=O) groups excluding carboxylic acids is 2. The number of amides is 2. The van der Waals surface area contributed by atoms with Gasteiger partial charge < -0.3 is 15.2 Å². The van der Waals surface area contributed by atoms with Crippen molar-refractivity contribution in [3.63, 3.8) is 0 Å². The molecule has 1 atom stereocenters. The molecule has 2 aromatic heterocycles. The summed E-state index contributed by atoms with van der Waals surface area (Å²) in [5.41, 5.74) is 1.68. The van der Waals surface area contributed by atoms with Crippen LogP contribution in [0.5, 0.6) is 0 Å². The molecule has 3 aromatic rings. The molecule has 0 radical (unpaired) electrons. The van der Waals surface area contributed by atoms with Gasteiger partial charge in [0.25, 0.3) is 5.91 Å². The molecule has 2 N–H and O–H groups in total. The van der Waals surface area contributed by atoms with Gasteiger partial charge in [-0.3, -0.25) is 9.59 Å². The Hall–Kier alpha value is -2.98. The number of benzene rings is 1. The van der Waals surface area contributed by atoms with Crippen LogP contribution in [0.15, 0.2) is 53.7 Å². The number of hydrogen-bond donors (Lipinski definition) is 2. The highest BCUT2D eigenvalue weighted by Crippen LogP contribution is 2.26. The van der Waals surface area contributed by atoms with Crippen molar-refractivity contribution in [1.82, 2.24) is 25.1 Å². The van der Waals surface area contributed by atoms with Gasteiger partial charge in [0.05, 0.1) is 11.8 Å². The number of thioether (sulfide) groups is 1. The minimum absolute atomic E-state index is 0.0724. The second kappa shape index (κ2) is 11.1. The molecule has 3 rings (SSSR count). The highest BCUT2D eigenvalue weighted by molar-refractivity contribution is 7.99. The van der Waals surface area contributed by atoms with Crippen LogP contribution in [-0.2, 0) is 11.3 Å². The third-order valence-corrected chi connectivity index (χ3v) is 6.27. The van der Waals surface area contributed by atoms with E-state index in [2.05, 4.69) is 32.4 Å². The van der Waals surface area contributed by atoms with Crippen LogP contribution in [0.4, 0.5) is 5.13 Å². The van der Waals surface area contributed by atoms with Crippen LogP contribution in [0.3, 0.4) is 0 Å². The Morgan fingerprint density at radius 1 is 1.25 bits per heavy atom. The Morgan fingerprint density at radius 2 is 2.00 bits per heavy atom. The summed E-state index contributed by atoms with van der Waals surface area (Å²) in [5.74, 6) is 0.518. The number of aryl methyl sites for hydroxylation is 1. The normalized spacial score (nSPS) is 11.9. The van der Waals surface area contributed by atoms with Crippen LogP contribution >= 0.6 is 23.1 Å². The number of anilines is 1. The maximum absolute atomic E-state index is 12.8. The van der Waals surface area contributed by atoms with Crippen LogP contribution < -0.4 is 10.6 Å². The monoisotopic (exact) mass is 470 g/mol. The van der Waals surface area contributed by atoms with E-state index in [-0.39, 0.29) is 29.5 Å². The molecule has 0 unspecified atom stereocenters. The quantitative estimate of drug-likeness (QED) is 0.342. The van der Waals surface area contributed by atoms with Crippen LogP contribution in [0.25, 0.3) is 0 Å². The number of thiazole rings is 1. The highest BCUT2D eigenvalue weighted by atomic mass is 32.2. The molecule has 0 saturated heterocycles. The van der Waals surface area contributed by atoms with Gasteiger partial charge in [-0.05, 0) is 25.0 Å². The maximum atomic E-state index is 12.8. The Kier molecular flexibility index (Phi) is 8.18. The fourth-order valence-corrected chi connectivity index (χ4v) is 4.27. The summed E-state index contributed by atoms with van der Waals surface area (Å²) in [4.78, 5) is 29.1. The first-order valence-corrected chi connectivity index (χ1v) is 12.0. The molecule has 0 aliphatic rings. The summed E-state index contributed by atoms with van der Waals surface area (Å²) in [6.07, 6.45) is 3.38. The van der Waals surface area contributed by atoms with Crippen molar-refractivity contribution in [3.05, 3.63) is 65.4 Å². The van der Waals surface area contributed by atoms with Crippen LogP contribution in [-0.4, -0.2) is 37.3 Å². The minimum Gasteiger partial charge on any atom is -0.342 e. The van der Waals surface area contributed by atoms with E-state index in [1.165, 1.54) is 23.1 Å². The average molecular weight is 471 g/mol. The van der Waals surface area contributed by atoms with E-state index in [1.807, 2.05) is 37.5 Å². The largest absolute Gasteiger partial charge is 0.342 e. The summed E-state index contributed by atoms with van der Waals surface area (Å²) in [7, 11) is 0. The summed E-state index contributed by atoms with van der Waals surface area (Å²) >= 11 is 2.64. The molecule has 10 heteroatoms. The van der Waals surface area contributed by atoms with Crippen molar-refractivity contribution in [2.24, 2.45) is 5.92 Å². The Balaban J connectivity index is 1.75. The van der Waals surface area contributed by atoms with Gasteiger partial charge in [0.15, 0.2) is 16.1 Å². The topological polar surface area (TPSA) is 102 Å². The molecule has 8 nitrogen and oxygen atoms in total. The number of nitrogens with zero attached hydrogens (tertiary/aromatic N) is 4. The Bertz CT molecular complexity index is 1060. The molecular formula is C22H26N6O2S2. The molecule has 0 aliphatic heterocycles. The van der Waals surface area contributed by atoms with Gasteiger partial charge in [0, 0.05) is 23.7 Å². The second-order valence-electron chi connectivity index (χ2n) is 7.48. The standard InChI is InChI=1S/C22H26N6O2S2/c1-5-11-28-19(18(14(2)3)25-20(30)16-8-6-15(4)7-9-16)26-27-22(28)32-13-17(29)24-21-23-10-12-31-21/h5-10,12,14,18H,1,11,13H2,2-4H3,(H,25,30)(H,23,24,29)/t18-/m1/s1. The van der Waals surface area contributed by atoms with Crippen LogP contribution in [0, 0.1) is 12.8 Å². The number of nitrogens with one attached hydrogen (secondary N) is 2. The SMILES string of the molecule is C=CCn1c(SCC(=O)Nc2nccs2)nnc1[C@H](NC(=O)c1ccc(C)cc1)C(C)C. The van der Waals surface area contributed by atoms with E-state index in [9.17, 15) is 9.59 Å². The number of aromatic nitrogens is 4. The first-order chi connectivity index (χ1) is 15.4. The smallest absolute Gasteiger partial charge is 0.251 e. The molecule has 2 amide bonds. The van der Waals surface area contributed by atoms with E-state index in [4.69, 9.17) is 0 Å². The Morgan fingerprint density at radius 3 is 2.62 bits per heavy atom. The molecular weight excluding hydrogens is 444 g/mol. The molecule has 0 fully saturated rings. The van der Waals surface area contributed by atoms with E-state index < -0.39 is 0 Å². The van der Waals surface area contributed by atoms with E-state index >= 15 is 0 Å². The first-order valence-electron chi connectivity index (χ1n) is 10.1. The van der Waals surface area contributed by atoms with Gasteiger partial charge in [-0.1, -0.05) is 49.4 Å². The van der Waals surface area contributed by atoms with Crippen molar-refractivity contribution in [2.45, 2.75) is 38.5 Å². The lowest BCUT2D eigenvalue weighted by atomic mass is 10.0. The van der Waals surface area contributed by atoms with Gasteiger partial charge in [-0.2, -0.15) is 0 Å². The lowest BCUT2D eigenvalue weighted by molar-refractivity contribution is -0.113. The number of hydrogen-bond acceptors (Lipinski definition) is 7. The van der Waals surface area contributed by atoms with Crippen molar-refractivity contribution in [1.29, 1.82) is 0 Å². The molecule has 168 valence electrons. The zero-order chi connectivity index (χ0) is 23.1. The van der Waals surface area contributed by atoms with E-state index in [0.717, 1.165) is 5.56 Å². The van der Waals surface area contributed by atoms with Gasteiger partial charge in [0.1, 0.15) is 0 Å². The molecule has 0 saturated carbocycles. The van der Waals surface area contributed by atoms with Crippen LogP contribution in [0.2, 0.25) is 0 Å². The lowest BCUT2D eigenvalue weighted by Crippen LogP contribution is -2.33. The zero-order valence-corrected chi connectivity index (χ0v) is 19.9. The maximum Gasteiger partial charge on any atom is 0.251 e. The lowest BCUT2D eigenvalue weighted by Gasteiger charge is -2.22. The Labute approximate surface area is 195 Å². The summed E-state index contributed by atoms with van der Waals surface area (Å²) in [6.45, 7) is 10.3. The van der Waals surface area contributed by atoms with Crippen molar-refractivity contribution in [3.8, 4) is 0 Å². The number of rotatable bonds is 10. The molecule has 1 aromatic carbocycles. The molecule has 0 bridgehead atoms. The average Bonchev–Trinajstić information content (AvgIpc) is 3.41. The van der Waals surface area contributed by atoms with Crippen molar-refractivity contribution >= 4 is 40.0 Å². The first kappa shape index (κ1) is 23.7. The van der Waals surface area contributed by atoms with Gasteiger partial charge in [-0.25, -0.2) is 4.98 Å². The molecule has 0 spiro atoms. The predicted molar refractivity (Wildman–Crippen MR) is 128 cm³/mol. The summed E-state index contributed by atoms with van der Waals surface area (Å²) < 4.78 is 1.88. The predicted octanol–water partition coefficient (Wildman–Crippen LogP) is 4.09. The third-order valence-electron chi connectivity index (χ3n) is 4.61. The summed E-state index contributed by atoms with van der Waals surface area (Å²) in [5, 5.41) is 17.4. The van der Waals surface area contributed by atoms with Gasteiger partial charge in [0.2, 0.25) is 5.91 Å². The van der Waals surface area contributed by atoms with Gasteiger partial charge >= 0.3 is 0 Å². The fourth-order valence-electron chi connectivity index (χ4n) is 2.97. The zero-order valence-electron chi connectivity index (χ0n) is 18.2. The number of carbonyl (C=O) groups is 2. The van der Waals surface area contributed by atoms with Crippen molar-refractivity contribution in [2.75, 3.05) is 11.1 Å². The fraction of sp³-hybridized carbons (Fsp3) is 0.318. The minimum atomic E-state index is -0.352. The third kappa shape index (κ3) is 6.04. The number of allylic oxidation sites excluding steroid dienone is 1. The van der Waals surface area contributed by atoms with Crippen LogP contribution in [0.1, 0.15) is 41.6 Å². The van der Waals surface area contributed by atoms with E-state index in [0.29, 0.717) is 28.2 Å². The van der Waals surface area contributed by atoms with E-state index in [1.54, 1.807) is 29.8 Å². The second-order valence-corrected chi connectivity index (χ2v) is 9.31. The highest BCUT2D eigenvalue weighted by Gasteiger charge is 2.26.